The van der Waals surface area contributed by atoms with Crippen molar-refractivity contribution in [3.63, 3.8) is 0 Å². The first-order chi connectivity index (χ1) is 17.1. The van der Waals surface area contributed by atoms with Crippen LogP contribution in [0, 0.1) is 0 Å². The highest BCUT2D eigenvalue weighted by atomic mass is 16.3. The minimum absolute atomic E-state index is 0.114. The van der Waals surface area contributed by atoms with Crippen LogP contribution >= 0.6 is 0 Å². The third kappa shape index (κ3) is 4.91. The number of nitrogens with one attached hydrogen (secondary N) is 2. The molecule has 1 aromatic heterocycles. The van der Waals surface area contributed by atoms with Crippen LogP contribution in [0.15, 0.2) is 102 Å². The van der Waals surface area contributed by atoms with E-state index in [9.17, 15) is 15.0 Å². The second kappa shape index (κ2) is 9.56. The number of hydrazone groups is 1. The molecule has 5 rings (SSSR count). The second-order valence-corrected chi connectivity index (χ2v) is 8.09. The van der Waals surface area contributed by atoms with Gasteiger partial charge in [-0.1, -0.05) is 24.3 Å². The number of pyridine rings is 1. The normalized spacial score (nSPS) is 14.9. The molecule has 174 valence electrons. The largest absolute Gasteiger partial charge is 0.508 e. The first-order valence-corrected chi connectivity index (χ1v) is 11.1. The molecule has 0 aliphatic carbocycles. The van der Waals surface area contributed by atoms with Crippen LogP contribution in [0.5, 0.6) is 11.5 Å². The SMILES string of the molecule is O=C(Nc1ccc(Nc2ccc(O)cc2)cc1)N1N=C(c2cccnc2)CC1c1ccccc1O. The number of nitrogens with zero attached hydrogens (tertiary/aromatic N) is 3. The Balaban J connectivity index is 1.35. The maximum absolute atomic E-state index is 13.3. The monoisotopic (exact) mass is 465 g/mol. The van der Waals surface area contributed by atoms with Crippen molar-refractivity contribution in [1.82, 2.24) is 9.99 Å². The molecule has 1 aliphatic rings. The van der Waals surface area contributed by atoms with Gasteiger partial charge in [0, 0.05) is 47.0 Å². The van der Waals surface area contributed by atoms with Gasteiger partial charge in [0.15, 0.2) is 0 Å². The lowest BCUT2D eigenvalue weighted by Crippen LogP contribution is -2.31. The van der Waals surface area contributed by atoms with Crippen LogP contribution in [0.2, 0.25) is 0 Å². The van der Waals surface area contributed by atoms with Crippen LogP contribution < -0.4 is 10.6 Å². The number of hydrogen-bond acceptors (Lipinski definition) is 6. The highest BCUT2D eigenvalue weighted by Gasteiger charge is 2.34. The van der Waals surface area contributed by atoms with Crippen molar-refractivity contribution >= 4 is 28.8 Å². The van der Waals surface area contributed by atoms with Gasteiger partial charge in [0.25, 0.3) is 0 Å². The molecular formula is C27H23N5O3. The third-order valence-electron chi connectivity index (χ3n) is 5.70. The van der Waals surface area contributed by atoms with Crippen molar-refractivity contribution in [2.45, 2.75) is 12.5 Å². The zero-order valence-corrected chi connectivity index (χ0v) is 18.7. The quantitative estimate of drug-likeness (QED) is 0.286. The van der Waals surface area contributed by atoms with E-state index >= 15 is 0 Å². The molecule has 4 aromatic rings. The molecule has 0 fully saturated rings. The van der Waals surface area contributed by atoms with Crippen molar-refractivity contribution in [1.29, 1.82) is 0 Å². The Morgan fingerprint density at radius 3 is 2.23 bits per heavy atom. The average Bonchev–Trinajstić information content (AvgIpc) is 3.33. The van der Waals surface area contributed by atoms with Gasteiger partial charge in [0.2, 0.25) is 0 Å². The van der Waals surface area contributed by atoms with Crippen LogP contribution in [0.1, 0.15) is 23.6 Å². The summed E-state index contributed by atoms with van der Waals surface area (Å²) in [6.45, 7) is 0. The molecule has 0 saturated heterocycles. The summed E-state index contributed by atoms with van der Waals surface area (Å²) in [5.41, 5.74) is 4.44. The highest BCUT2D eigenvalue weighted by molar-refractivity contribution is 6.04. The topological polar surface area (TPSA) is 110 Å². The van der Waals surface area contributed by atoms with Gasteiger partial charge in [-0.05, 0) is 60.7 Å². The van der Waals surface area contributed by atoms with E-state index < -0.39 is 12.1 Å². The minimum Gasteiger partial charge on any atom is -0.508 e. The number of hydrogen-bond donors (Lipinski definition) is 4. The second-order valence-electron chi connectivity index (χ2n) is 8.09. The van der Waals surface area contributed by atoms with Crippen LogP contribution in [0.25, 0.3) is 0 Å². The Hall–Kier alpha value is -4.85. The van der Waals surface area contributed by atoms with Crippen molar-refractivity contribution in [3.8, 4) is 11.5 Å². The van der Waals surface area contributed by atoms with Gasteiger partial charge >= 0.3 is 6.03 Å². The number of amides is 2. The van der Waals surface area contributed by atoms with E-state index in [1.54, 1.807) is 67.0 Å². The van der Waals surface area contributed by atoms with Gasteiger partial charge in [-0.2, -0.15) is 5.10 Å². The number of phenolic OH excluding ortho intramolecular Hbond substituents is 2. The van der Waals surface area contributed by atoms with Crippen LogP contribution in [-0.2, 0) is 0 Å². The molecule has 2 amide bonds. The Kier molecular flexibility index (Phi) is 6.00. The summed E-state index contributed by atoms with van der Waals surface area (Å²) in [6.07, 6.45) is 3.85. The summed E-state index contributed by atoms with van der Waals surface area (Å²) >= 11 is 0. The molecule has 1 unspecified atom stereocenters. The molecule has 35 heavy (non-hydrogen) atoms. The predicted molar refractivity (Wildman–Crippen MR) is 135 cm³/mol. The molecule has 1 atom stereocenters. The van der Waals surface area contributed by atoms with Crippen LogP contribution in [-0.4, -0.2) is 31.9 Å². The van der Waals surface area contributed by atoms with E-state index in [1.807, 2.05) is 30.3 Å². The lowest BCUT2D eigenvalue weighted by Gasteiger charge is -2.23. The lowest BCUT2D eigenvalue weighted by molar-refractivity contribution is 0.199. The number of phenols is 2. The number of urea groups is 1. The number of rotatable bonds is 5. The number of anilines is 3. The molecule has 3 aromatic carbocycles. The maximum Gasteiger partial charge on any atom is 0.342 e. The Morgan fingerprint density at radius 1 is 0.857 bits per heavy atom. The number of aromatic hydroxyl groups is 2. The smallest absolute Gasteiger partial charge is 0.342 e. The van der Waals surface area contributed by atoms with Gasteiger partial charge in [-0.15, -0.1) is 0 Å². The van der Waals surface area contributed by atoms with Crippen LogP contribution in [0.3, 0.4) is 0 Å². The Morgan fingerprint density at radius 2 is 1.54 bits per heavy atom. The molecule has 0 spiro atoms. The minimum atomic E-state index is -0.457. The van der Waals surface area contributed by atoms with Gasteiger partial charge < -0.3 is 20.8 Å². The van der Waals surface area contributed by atoms with E-state index in [1.165, 1.54) is 5.01 Å². The van der Waals surface area contributed by atoms with Gasteiger partial charge in [-0.3, -0.25) is 4.98 Å². The fourth-order valence-corrected chi connectivity index (χ4v) is 3.95. The van der Waals surface area contributed by atoms with Gasteiger partial charge in [0.1, 0.15) is 11.5 Å². The summed E-state index contributed by atoms with van der Waals surface area (Å²) in [5, 5.41) is 32.0. The van der Waals surface area contributed by atoms with E-state index in [4.69, 9.17) is 0 Å². The van der Waals surface area contributed by atoms with E-state index in [-0.39, 0.29) is 11.5 Å². The third-order valence-corrected chi connectivity index (χ3v) is 5.70. The highest BCUT2D eigenvalue weighted by Crippen LogP contribution is 2.37. The molecule has 8 nitrogen and oxygen atoms in total. The Bertz CT molecular complexity index is 1360. The van der Waals surface area contributed by atoms with E-state index in [0.29, 0.717) is 17.7 Å². The predicted octanol–water partition coefficient (Wildman–Crippen LogP) is 5.62. The zero-order chi connectivity index (χ0) is 24.2. The fourth-order valence-electron chi connectivity index (χ4n) is 3.95. The van der Waals surface area contributed by atoms with Gasteiger partial charge in [0.05, 0.1) is 11.8 Å². The fraction of sp³-hybridized carbons (Fsp3) is 0.0741. The first kappa shape index (κ1) is 22.0. The summed E-state index contributed by atoms with van der Waals surface area (Å²) in [7, 11) is 0. The molecule has 1 aliphatic heterocycles. The number of aromatic nitrogens is 1. The van der Waals surface area contributed by atoms with Crippen molar-refractivity contribution in [2.24, 2.45) is 5.10 Å². The lowest BCUT2D eigenvalue weighted by atomic mass is 9.98. The molecule has 0 saturated carbocycles. The van der Waals surface area contributed by atoms with E-state index in [0.717, 1.165) is 22.6 Å². The van der Waals surface area contributed by atoms with Crippen molar-refractivity contribution in [3.05, 3.63) is 108 Å². The molecule has 0 radical (unpaired) electrons. The number of carbonyl (C=O) groups excluding carboxylic acids is 1. The van der Waals surface area contributed by atoms with Crippen LogP contribution in [0.4, 0.5) is 21.9 Å². The van der Waals surface area contributed by atoms with Gasteiger partial charge in [-0.25, -0.2) is 9.80 Å². The summed E-state index contributed by atoms with van der Waals surface area (Å²) in [6, 6.07) is 23.9. The summed E-state index contributed by atoms with van der Waals surface area (Å²) in [4.78, 5) is 17.4. The average molecular weight is 466 g/mol. The Labute approximate surface area is 202 Å². The van der Waals surface area contributed by atoms with Crippen molar-refractivity contribution in [2.75, 3.05) is 10.6 Å². The molecule has 4 N–H and O–H groups in total. The van der Waals surface area contributed by atoms with Crippen molar-refractivity contribution < 1.29 is 15.0 Å². The summed E-state index contributed by atoms with van der Waals surface area (Å²) < 4.78 is 0. The maximum atomic E-state index is 13.3. The number of carbonyl (C=O) groups is 1. The van der Waals surface area contributed by atoms with E-state index in [2.05, 4.69) is 20.7 Å². The summed E-state index contributed by atoms with van der Waals surface area (Å²) in [5.74, 6) is 0.314. The zero-order valence-electron chi connectivity index (χ0n) is 18.7. The molecule has 0 bridgehead atoms. The standard InChI is InChI=1S/C27H23N5O3/c33-22-13-11-20(12-14-22)29-19-7-9-21(10-8-19)30-27(35)32-25(23-5-1-2-6-26(23)34)16-24(31-32)18-4-3-15-28-17-18/h1-15,17,25,29,33-34H,16H2,(H,30,35). The number of benzene rings is 3. The first-order valence-electron chi connectivity index (χ1n) is 11.1. The molecule has 2 heterocycles. The molecular weight excluding hydrogens is 442 g/mol. The molecule has 8 heteroatoms. The number of para-hydroxylation sites is 1.